The van der Waals surface area contributed by atoms with Crippen molar-refractivity contribution in [3.05, 3.63) is 17.6 Å². The van der Waals surface area contributed by atoms with Crippen LogP contribution in [0.3, 0.4) is 0 Å². The molecule has 0 aromatic carbocycles. The Kier molecular flexibility index (Phi) is 4.69. The standard InChI is InChI=1S/C14H20N4O4S2/c1-14(2,3)12-15-10(18-22-12)7-23-13-17-16-11(21-13)6-9-4-5-24(19,20)8-9/h9H,4-8H2,1-3H3/t9-/m0/s1. The van der Waals surface area contributed by atoms with E-state index in [4.69, 9.17) is 8.94 Å². The summed E-state index contributed by atoms with van der Waals surface area (Å²) >= 11 is 1.33. The molecule has 1 fully saturated rings. The molecular weight excluding hydrogens is 352 g/mol. The van der Waals surface area contributed by atoms with Crippen LogP contribution < -0.4 is 0 Å². The van der Waals surface area contributed by atoms with Crippen molar-refractivity contribution in [2.45, 2.75) is 50.0 Å². The molecule has 3 rings (SSSR count). The SMILES string of the molecule is CC(C)(C)c1nc(CSc2nnc(C[C@@H]3CCS(=O)(=O)C3)o2)no1. The van der Waals surface area contributed by atoms with Crippen molar-refractivity contribution in [2.75, 3.05) is 11.5 Å². The molecule has 8 nitrogen and oxygen atoms in total. The molecule has 1 aliphatic rings. The van der Waals surface area contributed by atoms with Gasteiger partial charge in [0.1, 0.15) is 0 Å². The van der Waals surface area contributed by atoms with Crippen molar-refractivity contribution in [3.63, 3.8) is 0 Å². The summed E-state index contributed by atoms with van der Waals surface area (Å²) in [6.07, 6.45) is 1.16. The van der Waals surface area contributed by atoms with E-state index in [1.54, 1.807) is 0 Å². The summed E-state index contributed by atoms with van der Waals surface area (Å²) in [5.74, 6) is 2.64. The minimum atomic E-state index is -2.89. The Balaban J connectivity index is 1.54. The van der Waals surface area contributed by atoms with Crippen LogP contribution in [0.1, 0.15) is 44.8 Å². The molecule has 0 saturated carbocycles. The maximum atomic E-state index is 11.5. The summed E-state index contributed by atoms with van der Waals surface area (Å²) in [4.78, 5) is 4.35. The Morgan fingerprint density at radius 2 is 2.08 bits per heavy atom. The van der Waals surface area contributed by atoms with E-state index in [1.807, 2.05) is 20.8 Å². The van der Waals surface area contributed by atoms with Gasteiger partial charge in [-0.15, -0.1) is 10.2 Å². The molecule has 132 valence electrons. The van der Waals surface area contributed by atoms with Gasteiger partial charge in [-0.05, 0) is 12.3 Å². The summed E-state index contributed by atoms with van der Waals surface area (Å²) < 4.78 is 33.8. The molecule has 2 aromatic rings. The maximum absolute atomic E-state index is 11.5. The normalized spacial score (nSPS) is 20.5. The van der Waals surface area contributed by atoms with Crippen LogP contribution in [0.4, 0.5) is 0 Å². The molecule has 3 heterocycles. The van der Waals surface area contributed by atoms with Crippen molar-refractivity contribution in [2.24, 2.45) is 5.92 Å². The lowest BCUT2D eigenvalue weighted by atomic mass is 9.97. The molecule has 2 aromatic heterocycles. The molecule has 0 N–H and O–H groups in total. The molecule has 0 spiro atoms. The van der Waals surface area contributed by atoms with E-state index in [1.165, 1.54) is 11.8 Å². The van der Waals surface area contributed by atoms with Crippen molar-refractivity contribution < 1.29 is 17.4 Å². The number of nitrogens with zero attached hydrogens (tertiary/aromatic N) is 4. The lowest BCUT2D eigenvalue weighted by molar-refractivity contribution is 0.319. The number of aromatic nitrogens is 4. The lowest BCUT2D eigenvalue weighted by Gasteiger charge is -2.10. The fraction of sp³-hybridized carbons (Fsp3) is 0.714. The third kappa shape index (κ3) is 4.35. The molecule has 1 atom stereocenters. The number of thioether (sulfide) groups is 1. The Bertz CT molecular complexity index is 807. The molecule has 1 aliphatic heterocycles. The summed E-state index contributed by atoms with van der Waals surface area (Å²) in [6.45, 7) is 6.01. The molecule has 0 unspecified atom stereocenters. The average molecular weight is 372 g/mol. The Morgan fingerprint density at radius 3 is 2.71 bits per heavy atom. The number of hydrogen-bond donors (Lipinski definition) is 0. The quantitative estimate of drug-likeness (QED) is 0.727. The summed E-state index contributed by atoms with van der Waals surface area (Å²) in [5, 5.41) is 12.3. The summed E-state index contributed by atoms with van der Waals surface area (Å²) in [5.41, 5.74) is -0.185. The van der Waals surface area contributed by atoms with E-state index in [0.29, 0.717) is 41.4 Å². The van der Waals surface area contributed by atoms with Crippen LogP contribution in [-0.4, -0.2) is 40.3 Å². The van der Waals surface area contributed by atoms with E-state index in [2.05, 4.69) is 20.3 Å². The average Bonchev–Trinajstić information content (AvgIpc) is 3.16. The molecular formula is C14H20N4O4S2. The van der Waals surface area contributed by atoms with Crippen molar-refractivity contribution in [1.82, 2.24) is 20.3 Å². The fourth-order valence-corrected chi connectivity index (χ4v) is 4.89. The molecule has 0 amide bonds. The van der Waals surface area contributed by atoms with E-state index < -0.39 is 9.84 Å². The predicted octanol–water partition coefficient (Wildman–Crippen LogP) is 2.02. The predicted molar refractivity (Wildman–Crippen MR) is 87.3 cm³/mol. The van der Waals surface area contributed by atoms with Gasteiger partial charge in [-0.2, -0.15) is 4.98 Å². The highest BCUT2D eigenvalue weighted by atomic mass is 32.2. The van der Waals surface area contributed by atoms with Gasteiger partial charge < -0.3 is 8.94 Å². The molecule has 0 bridgehead atoms. The zero-order valence-corrected chi connectivity index (χ0v) is 15.5. The summed E-state index contributed by atoms with van der Waals surface area (Å²) in [7, 11) is -2.89. The molecule has 10 heteroatoms. The Morgan fingerprint density at radius 1 is 1.29 bits per heavy atom. The Labute approximate surface area is 144 Å². The third-order valence-corrected chi connectivity index (χ3v) is 6.32. The van der Waals surface area contributed by atoms with E-state index in [-0.39, 0.29) is 22.8 Å². The van der Waals surface area contributed by atoms with Gasteiger partial charge in [0.05, 0.1) is 17.3 Å². The highest BCUT2D eigenvalue weighted by Crippen LogP contribution is 2.26. The molecule has 0 aliphatic carbocycles. The first-order chi connectivity index (χ1) is 11.2. The first-order valence-corrected chi connectivity index (χ1v) is 10.5. The second kappa shape index (κ2) is 6.47. The molecule has 0 radical (unpaired) electrons. The zero-order chi connectivity index (χ0) is 17.4. The van der Waals surface area contributed by atoms with Crippen molar-refractivity contribution in [1.29, 1.82) is 0 Å². The molecule has 1 saturated heterocycles. The van der Waals surface area contributed by atoms with Crippen LogP contribution in [0.25, 0.3) is 0 Å². The zero-order valence-electron chi connectivity index (χ0n) is 13.9. The Hall–Kier alpha value is -1.42. The second-order valence-electron chi connectivity index (χ2n) is 6.99. The van der Waals surface area contributed by atoms with Gasteiger partial charge in [-0.3, -0.25) is 0 Å². The van der Waals surface area contributed by atoms with Gasteiger partial charge in [-0.1, -0.05) is 37.7 Å². The van der Waals surface area contributed by atoms with Crippen LogP contribution in [0, 0.1) is 5.92 Å². The lowest BCUT2D eigenvalue weighted by Crippen LogP contribution is -2.11. The number of hydrogen-bond acceptors (Lipinski definition) is 9. The topological polar surface area (TPSA) is 112 Å². The van der Waals surface area contributed by atoms with Gasteiger partial charge in [0.15, 0.2) is 15.7 Å². The van der Waals surface area contributed by atoms with Gasteiger partial charge in [-0.25, -0.2) is 8.42 Å². The highest BCUT2D eigenvalue weighted by molar-refractivity contribution is 7.98. The van der Waals surface area contributed by atoms with E-state index >= 15 is 0 Å². The van der Waals surface area contributed by atoms with Gasteiger partial charge in [0, 0.05) is 11.8 Å². The van der Waals surface area contributed by atoms with E-state index in [0.717, 1.165) is 0 Å². The van der Waals surface area contributed by atoms with Crippen LogP contribution in [0.2, 0.25) is 0 Å². The van der Waals surface area contributed by atoms with Crippen LogP contribution in [-0.2, 0) is 27.4 Å². The minimum absolute atomic E-state index is 0.0693. The fourth-order valence-electron chi connectivity index (χ4n) is 2.40. The van der Waals surface area contributed by atoms with Crippen molar-refractivity contribution in [3.8, 4) is 0 Å². The third-order valence-electron chi connectivity index (χ3n) is 3.67. The minimum Gasteiger partial charge on any atom is -0.416 e. The second-order valence-corrected chi connectivity index (χ2v) is 10.1. The van der Waals surface area contributed by atoms with Gasteiger partial charge in [0.25, 0.3) is 5.22 Å². The number of rotatable bonds is 5. The van der Waals surface area contributed by atoms with Crippen molar-refractivity contribution >= 4 is 21.6 Å². The first kappa shape index (κ1) is 17.4. The summed E-state index contributed by atoms with van der Waals surface area (Å²) in [6, 6.07) is 0. The van der Waals surface area contributed by atoms with Crippen LogP contribution >= 0.6 is 11.8 Å². The molecule has 24 heavy (non-hydrogen) atoms. The van der Waals surface area contributed by atoms with Gasteiger partial charge >= 0.3 is 0 Å². The monoisotopic (exact) mass is 372 g/mol. The van der Waals surface area contributed by atoms with Gasteiger partial charge in [0.2, 0.25) is 11.8 Å². The smallest absolute Gasteiger partial charge is 0.277 e. The first-order valence-electron chi connectivity index (χ1n) is 7.70. The highest BCUT2D eigenvalue weighted by Gasteiger charge is 2.29. The van der Waals surface area contributed by atoms with Crippen LogP contribution in [0.15, 0.2) is 14.2 Å². The maximum Gasteiger partial charge on any atom is 0.277 e. The van der Waals surface area contributed by atoms with Crippen LogP contribution in [0.5, 0.6) is 0 Å². The largest absolute Gasteiger partial charge is 0.416 e. The van der Waals surface area contributed by atoms with E-state index in [9.17, 15) is 8.42 Å². The number of sulfone groups is 1.